The van der Waals surface area contributed by atoms with Crippen molar-refractivity contribution in [3.05, 3.63) is 12.7 Å². The first-order valence-electron chi connectivity index (χ1n) is 14.1. The molecule has 0 fully saturated rings. The van der Waals surface area contributed by atoms with E-state index < -0.39 is 11.6 Å². The second kappa shape index (κ2) is 29.8. The van der Waals surface area contributed by atoms with Crippen molar-refractivity contribution in [1.82, 2.24) is 0 Å². The lowest BCUT2D eigenvalue weighted by Crippen LogP contribution is -2.24. The summed E-state index contributed by atoms with van der Waals surface area (Å²) in [7, 11) is 0. The highest BCUT2D eigenvalue weighted by Crippen LogP contribution is 2.08. The number of rotatable bonds is 31. The van der Waals surface area contributed by atoms with Crippen molar-refractivity contribution in [2.75, 3.05) is 126 Å². The molecule has 0 aromatic heterocycles. The summed E-state index contributed by atoms with van der Waals surface area (Å²) in [6, 6.07) is 0. The van der Waals surface area contributed by atoms with E-state index in [1.165, 1.54) is 0 Å². The van der Waals surface area contributed by atoms with Gasteiger partial charge >= 0.3 is 11.9 Å². The molecule has 0 bridgehead atoms. The first-order chi connectivity index (χ1) is 19.8. The predicted octanol–water partition coefficient (Wildman–Crippen LogP) is 1.60. The Morgan fingerprint density at radius 2 is 0.756 bits per heavy atom. The van der Waals surface area contributed by atoms with Crippen molar-refractivity contribution in [2.45, 2.75) is 32.8 Å². The summed E-state index contributed by atoms with van der Waals surface area (Å²) in [6.45, 7) is 17.1. The molecular formula is C28H52O13. The highest BCUT2D eigenvalue weighted by Gasteiger charge is 2.15. The van der Waals surface area contributed by atoms with Gasteiger partial charge in [-0.15, -0.1) is 0 Å². The molecule has 0 aromatic rings. The van der Waals surface area contributed by atoms with Gasteiger partial charge in [0.15, 0.2) is 0 Å². The lowest BCUT2D eigenvalue weighted by atomic mass is 10.2. The zero-order valence-corrected chi connectivity index (χ0v) is 25.2. The minimum atomic E-state index is -0.475. The molecule has 0 aliphatic rings. The van der Waals surface area contributed by atoms with Crippen LogP contribution in [-0.2, 0) is 61.7 Å². The Morgan fingerprint density at radius 1 is 0.488 bits per heavy atom. The van der Waals surface area contributed by atoms with Crippen LogP contribution in [-0.4, -0.2) is 143 Å². The van der Waals surface area contributed by atoms with Crippen LogP contribution in [0, 0.1) is 0 Å². The van der Waals surface area contributed by atoms with E-state index in [0.29, 0.717) is 119 Å². The van der Waals surface area contributed by atoms with Crippen LogP contribution in [0.3, 0.4) is 0 Å². The molecule has 242 valence electrons. The molecule has 0 aliphatic heterocycles. The first kappa shape index (κ1) is 39.3. The van der Waals surface area contributed by atoms with Gasteiger partial charge in [-0.2, -0.15) is 0 Å². The molecule has 0 aromatic carbocycles. The van der Waals surface area contributed by atoms with Crippen LogP contribution in [0.2, 0.25) is 0 Å². The lowest BCUT2D eigenvalue weighted by molar-refractivity contribution is -0.156. The topological polar surface area (TPSA) is 136 Å². The zero-order chi connectivity index (χ0) is 30.3. The summed E-state index contributed by atoms with van der Waals surface area (Å²) >= 11 is 0. The minimum Gasteiger partial charge on any atom is -0.460 e. The van der Waals surface area contributed by atoms with Gasteiger partial charge in [0.1, 0.15) is 12.2 Å². The molecule has 13 nitrogen and oxygen atoms in total. The molecule has 41 heavy (non-hydrogen) atoms. The predicted molar refractivity (Wildman–Crippen MR) is 149 cm³/mol. The summed E-state index contributed by atoms with van der Waals surface area (Å²) in [5.74, 6) is -0.730. The molecule has 0 amide bonds. The van der Waals surface area contributed by atoms with Gasteiger partial charge in [-0.3, -0.25) is 4.79 Å². The summed E-state index contributed by atoms with van der Waals surface area (Å²) in [5.41, 5.74) is -0.475. The quantitative estimate of drug-likeness (QED) is 0.0652. The van der Waals surface area contributed by atoms with Crippen LogP contribution in [0.1, 0.15) is 27.2 Å². The Balaban J connectivity index is 3.11. The molecule has 0 N–H and O–H groups in total. The van der Waals surface area contributed by atoms with E-state index in [9.17, 15) is 9.59 Å². The highest BCUT2D eigenvalue weighted by molar-refractivity contribution is 5.81. The normalized spacial score (nSPS) is 11.5. The zero-order valence-electron chi connectivity index (χ0n) is 25.2. The Morgan fingerprint density at radius 3 is 1.02 bits per heavy atom. The molecule has 0 atom stereocenters. The molecule has 0 rings (SSSR count). The van der Waals surface area contributed by atoms with Crippen LogP contribution < -0.4 is 0 Å². The molecule has 0 spiro atoms. The number of carbonyl (C=O) groups is 2. The second-order valence-electron chi connectivity index (χ2n) is 9.22. The SMILES string of the molecule is C=CC(=O)OCCOCCOCCOCCOCCOCCOCCOCCOCCOCCC(=O)OC(C)(C)C. The van der Waals surface area contributed by atoms with Crippen molar-refractivity contribution in [1.29, 1.82) is 0 Å². The number of carbonyl (C=O) groups excluding carboxylic acids is 2. The van der Waals surface area contributed by atoms with Crippen molar-refractivity contribution in [2.24, 2.45) is 0 Å². The standard InChI is InChI=1S/C28H52O13/c1-5-26(29)40-25-24-39-23-22-38-21-20-37-19-18-36-17-16-35-15-14-34-13-12-33-11-10-32-9-8-31-7-6-27(30)41-28(2,3)4/h5H,1,6-25H2,2-4H3. The molecule has 0 radical (unpaired) electrons. The van der Waals surface area contributed by atoms with E-state index in [2.05, 4.69) is 6.58 Å². The summed E-state index contributed by atoms with van der Waals surface area (Å²) in [4.78, 5) is 22.4. The van der Waals surface area contributed by atoms with Crippen molar-refractivity contribution in [3.8, 4) is 0 Å². The van der Waals surface area contributed by atoms with Gasteiger partial charge in [-0.25, -0.2) is 4.79 Å². The van der Waals surface area contributed by atoms with E-state index >= 15 is 0 Å². The van der Waals surface area contributed by atoms with Crippen LogP contribution >= 0.6 is 0 Å². The Kier molecular flexibility index (Phi) is 28.6. The average Bonchev–Trinajstić information content (AvgIpc) is 2.92. The fourth-order valence-electron chi connectivity index (χ4n) is 2.67. The maximum absolute atomic E-state index is 11.5. The molecule has 0 saturated heterocycles. The molecular weight excluding hydrogens is 544 g/mol. The van der Waals surface area contributed by atoms with E-state index in [0.717, 1.165) is 6.08 Å². The Hall–Kier alpha value is -1.68. The molecule has 0 aliphatic carbocycles. The van der Waals surface area contributed by atoms with Crippen LogP contribution in [0.4, 0.5) is 0 Å². The third kappa shape index (κ3) is 34.4. The van der Waals surface area contributed by atoms with Gasteiger partial charge in [0.2, 0.25) is 0 Å². The van der Waals surface area contributed by atoms with Gasteiger partial charge in [0.25, 0.3) is 0 Å². The average molecular weight is 597 g/mol. The fraction of sp³-hybridized carbons (Fsp3) is 0.857. The third-order valence-electron chi connectivity index (χ3n) is 4.49. The van der Waals surface area contributed by atoms with Crippen LogP contribution in [0.15, 0.2) is 12.7 Å². The van der Waals surface area contributed by atoms with Gasteiger partial charge in [-0.1, -0.05) is 6.58 Å². The van der Waals surface area contributed by atoms with Gasteiger partial charge in [0.05, 0.1) is 125 Å². The van der Waals surface area contributed by atoms with E-state index in [1.807, 2.05) is 20.8 Å². The van der Waals surface area contributed by atoms with Crippen LogP contribution in [0.25, 0.3) is 0 Å². The summed E-state index contributed by atoms with van der Waals surface area (Å²) in [5, 5.41) is 0. The van der Waals surface area contributed by atoms with Gasteiger partial charge in [0, 0.05) is 6.08 Å². The molecule has 0 unspecified atom stereocenters. The largest absolute Gasteiger partial charge is 0.460 e. The van der Waals surface area contributed by atoms with Crippen molar-refractivity contribution >= 4 is 11.9 Å². The smallest absolute Gasteiger partial charge is 0.330 e. The van der Waals surface area contributed by atoms with E-state index in [-0.39, 0.29) is 19.0 Å². The fourth-order valence-corrected chi connectivity index (χ4v) is 2.67. The minimum absolute atomic E-state index is 0.195. The second-order valence-corrected chi connectivity index (χ2v) is 9.22. The highest BCUT2D eigenvalue weighted by atomic mass is 16.6. The van der Waals surface area contributed by atoms with Crippen LogP contribution in [0.5, 0.6) is 0 Å². The lowest BCUT2D eigenvalue weighted by Gasteiger charge is -2.19. The third-order valence-corrected chi connectivity index (χ3v) is 4.49. The number of ether oxygens (including phenoxy) is 11. The molecule has 0 saturated carbocycles. The first-order valence-corrected chi connectivity index (χ1v) is 14.1. The Labute approximate surface area is 244 Å². The Bertz CT molecular complexity index is 610. The van der Waals surface area contributed by atoms with Gasteiger partial charge < -0.3 is 52.1 Å². The van der Waals surface area contributed by atoms with Crippen molar-refractivity contribution < 1.29 is 61.7 Å². The maximum atomic E-state index is 11.5. The number of hydrogen-bond acceptors (Lipinski definition) is 13. The molecule has 13 heteroatoms. The number of esters is 2. The summed E-state index contributed by atoms with van der Waals surface area (Å²) < 4.78 is 58.5. The van der Waals surface area contributed by atoms with Crippen molar-refractivity contribution in [3.63, 3.8) is 0 Å². The molecule has 0 heterocycles. The van der Waals surface area contributed by atoms with E-state index in [4.69, 9.17) is 52.1 Å². The van der Waals surface area contributed by atoms with Gasteiger partial charge in [-0.05, 0) is 20.8 Å². The monoisotopic (exact) mass is 596 g/mol. The summed E-state index contributed by atoms with van der Waals surface area (Å²) in [6.07, 6.45) is 1.34. The van der Waals surface area contributed by atoms with E-state index in [1.54, 1.807) is 0 Å². The number of hydrogen-bond donors (Lipinski definition) is 0. The maximum Gasteiger partial charge on any atom is 0.330 e.